The molecule has 6 atom stereocenters. The lowest BCUT2D eigenvalue weighted by Crippen LogP contribution is -2.65. The van der Waals surface area contributed by atoms with Crippen LogP contribution in [-0.2, 0) is 39.5 Å². The number of carbonyl (C=O) groups is 5. The molecule has 17 heteroatoms. The van der Waals surface area contributed by atoms with Gasteiger partial charge in [0.05, 0.1) is 31.4 Å². The first-order valence-corrected chi connectivity index (χ1v) is 20.6. The van der Waals surface area contributed by atoms with E-state index in [0.717, 1.165) is 12.8 Å². The third-order valence-corrected chi connectivity index (χ3v) is 11.6. The smallest absolute Gasteiger partial charge is 0.486 e. The van der Waals surface area contributed by atoms with Crippen molar-refractivity contribution in [3.63, 3.8) is 0 Å². The maximum absolute atomic E-state index is 14.1. The Labute approximate surface area is 348 Å². The molecule has 3 saturated carbocycles. The molecule has 2 aliphatic heterocycles. The van der Waals surface area contributed by atoms with Crippen molar-refractivity contribution in [1.29, 1.82) is 0 Å². The zero-order chi connectivity index (χ0) is 44.2. The molecule has 0 unspecified atom stereocenters. The summed E-state index contributed by atoms with van der Waals surface area (Å²) in [5.41, 5.74) is 3.04. The Hall–Kier alpha value is -3.93. The Morgan fingerprint density at radius 2 is 1.56 bits per heavy atom. The fourth-order valence-electron chi connectivity index (χ4n) is 8.50. The van der Waals surface area contributed by atoms with E-state index in [2.05, 4.69) is 20.8 Å². The van der Waals surface area contributed by atoms with Crippen LogP contribution >= 0.6 is 0 Å². The Morgan fingerprint density at radius 1 is 0.949 bits per heavy atom. The van der Waals surface area contributed by atoms with Crippen LogP contribution < -0.4 is 15.2 Å². The molecule has 3 N–H and O–H groups in total. The summed E-state index contributed by atoms with van der Waals surface area (Å²) in [6.07, 6.45) is -0.0430. The van der Waals surface area contributed by atoms with Crippen LogP contribution in [-0.4, -0.2) is 118 Å². The van der Waals surface area contributed by atoms with Gasteiger partial charge in [-0.1, -0.05) is 19.9 Å². The van der Waals surface area contributed by atoms with Gasteiger partial charge in [-0.15, -0.1) is 0 Å². The first kappa shape index (κ1) is 46.1. The van der Waals surface area contributed by atoms with Crippen LogP contribution in [0.4, 0.5) is 9.59 Å². The fourth-order valence-corrected chi connectivity index (χ4v) is 8.50. The molecule has 2 bridgehead atoms. The standard InChI is InChI=1S/C42H64BN3O13/c1-23(46(34(49)27(44)22-47)36(51)56-39(5,6)7)33(48)45-20-26(21-45)53-28-15-14-24(16-17-43-58-30-19-25-18-29(41(25,11)12)42(30,13)59-43)32(54-37(52)57-40(8,9)10)31(28)35(50)55-38(2,3)4/h14-15,23,25-27,29-30,47H,16-22,44H2,1-13H3/t23-,25+,27-,29+,30-,42+/m1/s1. The molecule has 5 fully saturated rings. The highest BCUT2D eigenvalue weighted by atomic mass is 16.7. The summed E-state index contributed by atoms with van der Waals surface area (Å²) in [6, 6.07) is 0.501. The largest absolute Gasteiger partial charge is 0.514 e. The van der Waals surface area contributed by atoms with E-state index in [0.29, 0.717) is 35.0 Å². The van der Waals surface area contributed by atoms with Gasteiger partial charge in [-0.3, -0.25) is 9.59 Å². The minimum atomic E-state index is -1.46. The first-order chi connectivity index (χ1) is 27.0. The predicted octanol–water partition coefficient (Wildman–Crippen LogP) is 5.29. The van der Waals surface area contributed by atoms with Crippen molar-refractivity contribution >= 4 is 37.2 Å². The predicted molar refractivity (Wildman–Crippen MR) is 216 cm³/mol. The van der Waals surface area contributed by atoms with Crippen molar-refractivity contribution in [2.75, 3.05) is 19.7 Å². The van der Waals surface area contributed by atoms with Crippen LogP contribution in [0.25, 0.3) is 0 Å². The lowest BCUT2D eigenvalue weighted by atomic mass is 9.43. The second kappa shape index (κ2) is 16.5. The SMILES string of the molecule is C[C@H](C(=O)N1CC(Oc2ccc(CCB3O[C@@H]4C[C@@H]5C[C@@H](C5(C)C)[C@]4(C)O3)c(OC(=O)OC(C)(C)C)c2C(=O)OC(C)(C)C)C1)N(C(=O)OC(C)(C)C)C(=O)[C@H](N)CO. The summed E-state index contributed by atoms with van der Waals surface area (Å²) in [7, 11) is -0.516. The topological polar surface area (TPSA) is 203 Å². The van der Waals surface area contributed by atoms with Crippen molar-refractivity contribution in [1.82, 2.24) is 9.80 Å². The van der Waals surface area contributed by atoms with E-state index in [9.17, 15) is 29.1 Å². The number of likely N-dealkylation sites (tertiary alicyclic amines) is 1. The molecule has 3 aliphatic carbocycles. The molecular formula is C42H64BN3O13. The van der Waals surface area contributed by atoms with Gasteiger partial charge in [0.1, 0.15) is 46.3 Å². The van der Waals surface area contributed by atoms with E-state index in [1.54, 1.807) is 74.4 Å². The third kappa shape index (κ3) is 10.2. The number of benzene rings is 1. The summed E-state index contributed by atoms with van der Waals surface area (Å²) >= 11 is 0. The Balaban J connectivity index is 1.39. The molecule has 16 nitrogen and oxygen atoms in total. The van der Waals surface area contributed by atoms with Crippen molar-refractivity contribution in [2.24, 2.45) is 23.0 Å². The number of imide groups is 1. The summed E-state index contributed by atoms with van der Waals surface area (Å²) in [5, 5.41) is 9.53. The number of esters is 1. The van der Waals surface area contributed by atoms with Crippen LogP contribution in [0.2, 0.25) is 6.32 Å². The normalized spacial score (nSPS) is 24.8. The third-order valence-electron chi connectivity index (χ3n) is 11.6. The molecule has 6 rings (SSSR count). The van der Waals surface area contributed by atoms with E-state index < -0.39 is 84.3 Å². The quantitative estimate of drug-likeness (QED) is 0.126. The van der Waals surface area contributed by atoms with Crippen molar-refractivity contribution in [3.8, 4) is 11.5 Å². The van der Waals surface area contributed by atoms with Crippen LogP contribution in [0.5, 0.6) is 11.5 Å². The van der Waals surface area contributed by atoms with Gasteiger partial charge in [-0.05, 0) is 131 Å². The number of nitrogens with two attached hydrogens (primary N) is 1. The number of carbonyl (C=O) groups excluding carboxylic acids is 5. The van der Waals surface area contributed by atoms with Gasteiger partial charge in [-0.25, -0.2) is 19.3 Å². The number of ether oxygens (including phenoxy) is 5. The summed E-state index contributed by atoms with van der Waals surface area (Å²) < 4.78 is 42.0. The molecule has 328 valence electrons. The molecule has 2 saturated heterocycles. The molecule has 3 amide bonds. The van der Waals surface area contributed by atoms with E-state index in [-0.39, 0.29) is 41.7 Å². The molecule has 0 spiro atoms. The van der Waals surface area contributed by atoms with Gasteiger partial charge in [-0.2, -0.15) is 0 Å². The molecule has 5 aliphatic rings. The molecule has 1 aromatic carbocycles. The van der Waals surface area contributed by atoms with Gasteiger partial charge >= 0.3 is 25.3 Å². The molecule has 1 aromatic rings. The number of hydrogen-bond donors (Lipinski definition) is 2. The lowest BCUT2D eigenvalue weighted by molar-refractivity contribution is -0.199. The molecule has 0 aromatic heterocycles. The maximum atomic E-state index is 14.1. The fraction of sp³-hybridized carbons (Fsp3) is 0.738. The van der Waals surface area contributed by atoms with E-state index in [1.165, 1.54) is 11.8 Å². The number of aliphatic hydroxyl groups is 1. The Kier molecular flexibility index (Phi) is 12.9. The molecule has 2 heterocycles. The van der Waals surface area contributed by atoms with Crippen molar-refractivity contribution < 1.29 is 62.1 Å². The van der Waals surface area contributed by atoms with E-state index in [4.69, 9.17) is 38.7 Å². The lowest BCUT2D eigenvalue weighted by Gasteiger charge is -2.64. The Morgan fingerprint density at radius 3 is 2.12 bits per heavy atom. The molecular weight excluding hydrogens is 765 g/mol. The second-order valence-corrected chi connectivity index (χ2v) is 20.1. The molecule has 59 heavy (non-hydrogen) atoms. The van der Waals surface area contributed by atoms with E-state index in [1.807, 2.05) is 0 Å². The van der Waals surface area contributed by atoms with Crippen LogP contribution in [0.15, 0.2) is 12.1 Å². The molecule has 0 radical (unpaired) electrons. The number of aliphatic hydroxyl groups excluding tert-OH is 1. The summed E-state index contributed by atoms with van der Waals surface area (Å²) in [4.78, 5) is 69.1. The summed E-state index contributed by atoms with van der Waals surface area (Å²) in [6.45, 7) is 22.4. The average Bonchev–Trinajstić information content (AvgIpc) is 3.42. The van der Waals surface area contributed by atoms with Crippen molar-refractivity contribution in [3.05, 3.63) is 23.3 Å². The first-order valence-electron chi connectivity index (χ1n) is 20.6. The highest BCUT2D eigenvalue weighted by Crippen LogP contribution is 2.65. The van der Waals surface area contributed by atoms with Crippen LogP contribution in [0.3, 0.4) is 0 Å². The van der Waals surface area contributed by atoms with Gasteiger partial charge < -0.3 is 48.7 Å². The van der Waals surface area contributed by atoms with Gasteiger partial charge in [0.25, 0.3) is 5.91 Å². The minimum absolute atomic E-state index is 0.0122. The number of hydrogen-bond acceptors (Lipinski definition) is 14. The monoisotopic (exact) mass is 829 g/mol. The number of rotatable bonds is 11. The average molecular weight is 830 g/mol. The van der Waals surface area contributed by atoms with Gasteiger partial charge in [0.2, 0.25) is 5.91 Å². The highest BCUT2D eigenvalue weighted by molar-refractivity contribution is 6.45. The number of aryl methyl sites for hydroxylation is 1. The summed E-state index contributed by atoms with van der Waals surface area (Å²) in [5.74, 6) is -1.48. The van der Waals surface area contributed by atoms with Crippen LogP contribution in [0, 0.1) is 17.3 Å². The van der Waals surface area contributed by atoms with Gasteiger partial charge in [0.15, 0.2) is 5.75 Å². The zero-order valence-electron chi connectivity index (χ0n) is 37.0. The number of nitrogens with zero attached hydrogens (tertiary/aromatic N) is 2. The number of amides is 3. The van der Waals surface area contributed by atoms with E-state index >= 15 is 0 Å². The van der Waals surface area contributed by atoms with Gasteiger partial charge in [0, 0.05) is 0 Å². The van der Waals surface area contributed by atoms with Crippen LogP contribution in [0.1, 0.15) is 119 Å². The Bertz CT molecular complexity index is 1790. The van der Waals surface area contributed by atoms with Crippen molar-refractivity contribution in [2.45, 2.75) is 162 Å². The second-order valence-electron chi connectivity index (χ2n) is 20.1. The zero-order valence-corrected chi connectivity index (χ0v) is 37.0. The minimum Gasteiger partial charge on any atom is -0.486 e. The highest BCUT2D eigenvalue weighted by Gasteiger charge is 2.67. The maximum Gasteiger partial charge on any atom is 0.514 e.